The molecule has 4 nitrogen and oxygen atoms in total. The molecule has 8 heteroatoms. The van der Waals surface area contributed by atoms with Crippen LogP contribution in [0.3, 0.4) is 0 Å². The molecule has 0 atom stereocenters. The number of benzene rings is 1. The Bertz CT molecular complexity index is 583. The van der Waals surface area contributed by atoms with E-state index in [2.05, 4.69) is 5.32 Å². The van der Waals surface area contributed by atoms with Crippen molar-refractivity contribution in [2.24, 2.45) is 5.92 Å². The van der Waals surface area contributed by atoms with E-state index >= 15 is 0 Å². The van der Waals surface area contributed by atoms with Gasteiger partial charge in [-0.1, -0.05) is 0 Å². The van der Waals surface area contributed by atoms with Crippen LogP contribution in [0.25, 0.3) is 0 Å². The molecule has 146 valence electrons. The van der Waals surface area contributed by atoms with Crippen molar-refractivity contribution in [3.63, 3.8) is 0 Å². The molecule has 1 aromatic carbocycles. The topological polar surface area (TPSA) is 41.6 Å². The van der Waals surface area contributed by atoms with Crippen LogP contribution < -0.4 is 10.1 Å². The predicted molar refractivity (Wildman–Crippen MR) is 94.5 cm³/mol. The number of ether oxygens (including phenoxy) is 1. The van der Waals surface area contributed by atoms with Crippen LogP contribution in [0.15, 0.2) is 24.3 Å². The molecule has 0 unspecified atom stereocenters. The maximum absolute atomic E-state index is 12.5. The number of hydrogen-bond donors (Lipinski definition) is 1. The highest BCUT2D eigenvalue weighted by atomic mass is 35.5. The van der Waals surface area contributed by atoms with Gasteiger partial charge in [-0.05, 0) is 62.4 Å². The minimum Gasteiger partial charge on any atom is -0.484 e. The third-order valence-electron chi connectivity index (χ3n) is 4.78. The predicted octanol–water partition coefficient (Wildman–Crippen LogP) is 3.50. The second kappa shape index (κ2) is 8.95. The van der Waals surface area contributed by atoms with E-state index in [1.54, 1.807) is 4.90 Å². The van der Waals surface area contributed by atoms with Gasteiger partial charge >= 0.3 is 6.18 Å². The highest BCUT2D eigenvalue weighted by Crippen LogP contribution is 2.30. The fourth-order valence-corrected chi connectivity index (χ4v) is 2.96. The molecular weight excluding hydrogens is 369 g/mol. The Hall–Kier alpha value is -1.47. The Kier molecular flexibility index (Phi) is 7.17. The quantitative estimate of drug-likeness (QED) is 0.805. The van der Waals surface area contributed by atoms with Gasteiger partial charge in [-0.2, -0.15) is 13.2 Å². The van der Waals surface area contributed by atoms with E-state index in [1.165, 1.54) is 25.0 Å². The molecule has 1 N–H and O–H groups in total. The molecule has 0 bridgehead atoms. The third kappa shape index (κ3) is 6.06. The summed E-state index contributed by atoms with van der Waals surface area (Å²) in [6, 6.07) is 4.86. The molecule has 0 spiro atoms. The summed E-state index contributed by atoms with van der Waals surface area (Å²) in [7, 11) is 0. The van der Waals surface area contributed by atoms with Crippen LogP contribution in [-0.2, 0) is 11.0 Å². The monoisotopic (exact) mass is 392 g/mol. The van der Waals surface area contributed by atoms with Gasteiger partial charge < -0.3 is 15.0 Å². The zero-order chi connectivity index (χ0) is 17.9. The van der Waals surface area contributed by atoms with Gasteiger partial charge in [-0.3, -0.25) is 4.79 Å². The normalized spacial score (nSPS) is 18.3. The van der Waals surface area contributed by atoms with Crippen LogP contribution in [0.5, 0.6) is 5.75 Å². The number of hydrogen-bond acceptors (Lipinski definition) is 3. The number of nitrogens with one attached hydrogen (secondary N) is 1. The zero-order valence-electron chi connectivity index (χ0n) is 14.4. The van der Waals surface area contributed by atoms with Crippen molar-refractivity contribution >= 4 is 18.3 Å². The number of amides is 1. The summed E-state index contributed by atoms with van der Waals surface area (Å²) in [6.07, 6.45) is 0.140. The van der Waals surface area contributed by atoms with Gasteiger partial charge in [0.2, 0.25) is 0 Å². The van der Waals surface area contributed by atoms with Crippen LogP contribution in [0.1, 0.15) is 31.2 Å². The van der Waals surface area contributed by atoms with Crippen molar-refractivity contribution in [2.45, 2.75) is 37.9 Å². The molecule has 1 aliphatic carbocycles. The van der Waals surface area contributed by atoms with Crippen LogP contribution >= 0.6 is 12.4 Å². The first kappa shape index (κ1) is 20.8. The summed E-state index contributed by atoms with van der Waals surface area (Å²) in [6.45, 7) is 2.32. The van der Waals surface area contributed by atoms with Gasteiger partial charge in [0, 0.05) is 19.1 Å². The van der Waals surface area contributed by atoms with E-state index in [9.17, 15) is 18.0 Å². The van der Waals surface area contributed by atoms with E-state index in [0.717, 1.165) is 37.4 Å². The molecule has 2 fully saturated rings. The number of carbonyl (C=O) groups excluding carboxylic acids is 1. The standard InChI is InChI=1S/C18H23F3N2O2.ClH/c19-18(20,21)14-3-5-16(6-4-14)25-12-17(24)23-9-7-15(8-10-23)22-11-13-1-2-13;/h3-6,13,15,22H,1-2,7-12H2;1H. The number of likely N-dealkylation sites (tertiary alicyclic amines) is 1. The van der Waals surface area contributed by atoms with E-state index in [0.29, 0.717) is 19.1 Å². The second-order valence-corrected chi connectivity index (χ2v) is 6.82. The lowest BCUT2D eigenvalue weighted by Gasteiger charge is -2.32. The molecule has 0 radical (unpaired) electrons. The summed E-state index contributed by atoms with van der Waals surface area (Å²) in [5.74, 6) is 0.986. The number of piperidine rings is 1. The number of rotatable bonds is 6. The summed E-state index contributed by atoms with van der Waals surface area (Å²) in [5.41, 5.74) is -0.730. The molecule has 1 aliphatic heterocycles. The first-order valence-electron chi connectivity index (χ1n) is 8.73. The maximum atomic E-state index is 12.5. The maximum Gasteiger partial charge on any atom is 0.416 e. The first-order chi connectivity index (χ1) is 11.9. The largest absolute Gasteiger partial charge is 0.484 e. The Balaban J connectivity index is 0.00000243. The molecular formula is C18H24ClF3N2O2. The number of halogens is 4. The molecule has 1 amide bonds. The Morgan fingerprint density at radius 3 is 2.27 bits per heavy atom. The summed E-state index contributed by atoms with van der Waals surface area (Å²) in [5, 5.41) is 3.56. The van der Waals surface area contributed by atoms with Crippen molar-refractivity contribution in [3.05, 3.63) is 29.8 Å². The molecule has 1 aromatic rings. The van der Waals surface area contributed by atoms with Crippen molar-refractivity contribution in [2.75, 3.05) is 26.2 Å². The first-order valence-corrected chi connectivity index (χ1v) is 8.73. The molecule has 1 saturated carbocycles. The van der Waals surface area contributed by atoms with E-state index in [1.807, 2.05) is 0 Å². The van der Waals surface area contributed by atoms with Gasteiger partial charge in [0.15, 0.2) is 6.61 Å². The highest BCUT2D eigenvalue weighted by molar-refractivity contribution is 5.85. The molecule has 1 heterocycles. The van der Waals surface area contributed by atoms with Crippen molar-refractivity contribution < 1.29 is 22.7 Å². The summed E-state index contributed by atoms with van der Waals surface area (Å²) in [4.78, 5) is 13.9. The van der Waals surface area contributed by atoms with Gasteiger partial charge in [0.05, 0.1) is 5.56 Å². The van der Waals surface area contributed by atoms with Crippen molar-refractivity contribution in [1.82, 2.24) is 10.2 Å². The number of alkyl halides is 3. The van der Waals surface area contributed by atoms with Gasteiger partial charge in [0.1, 0.15) is 5.75 Å². The Morgan fingerprint density at radius 1 is 1.12 bits per heavy atom. The highest BCUT2D eigenvalue weighted by Gasteiger charge is 2.30. The van der Waals surface area contributed by atoms with Crippen LogP contribution in [0.2, 0.25) is 0 Å². The smallest absolute Gasteiger partial charge is 0.416 e. The number of carbonyl (C=O) groups is 1. The van der Waals surface area contributed by atoms with E-state index in [4.69, 9.17) is 4.74 Å². The minimum atomic E-state index is -4.37. The minimum absolute atomic E-state index is 0. The second-order valence-electron chi connectivity index (χ2n) is 6.82. The lowest BCUT2D eigenvalue weighted by Crippen LogP contribution is -2.46. The molecule has 0 aromatic heterocycles. The lowest BCUT2D eigenvalue weighted by atomic mass is 10.0. The van der Waals surface area contributed by atoms with Gasteiger partial charge in [0.25, 0.3) is 5.91 Å². The summed E-state index contributed by atoms with van der Waals surface area (Å²) >= 11 is 0. The van der Waals surface area contributed by atoms with E-state index in [-0.39, 0.29) is 30.7 Å². The fraction of sp³-hybridized carbons (Fsp3) is 0.611. The Labute approximate surface area is 157 Å². The third-order valence-corrected chi connectivity index (χ3v) is 4.78. The SMILES string of the molecule is Cl.O=C(COc1ccc(C(F)(F)F)cc1)N1CCC(NCC2CC2)CC1. The lowest BCUT2D eigenvalue weighted by molar-refractivity contribution is -0.138. The summed E-state index contributed by atoms with van der Waals surface area (Å²) < 4.78 is 42.8. The average molecular weight is 393 g/mol. The van der Waals surface area contributed by atoms with Crippen molar-refractivity contribution in [3.8, 4) is 5.75 Å². The Morgan fingerprint density at radius 2 is 1.73 bits per heavy atom. The molecule has 26 heavy (non-hydrogen) atoms. The van der Waals surface area contributed by atoms with Gasteiger partial charge in [-0.15, -0.1) is 12.4 Å². The molecule has 2 aliphatic rings. The number of nitrogens with zero attached hydrogens (tertiary/aromatic N) is 1. The van der Waals surface area contributed by atoms with Crippen LogP contribution in [0.4, 0.5) is 13.2 Å². The average Bonchev–Trinajstić information content (AvgIpc) is 3.42. The zero-order valence-corrected chi connectivity index (χ0v) is 15.2. The van der Waals surface area contributed by atoms with E-state index < -0.39 is 11.7 Å². The molecule has 1 saturated heterocycles. The van der Waals surface area contributed by atoms with Crippen LogP contribution in [0, 0.1) is 5.92 Å². The van der Waals surface area contributed by atoms with Gasteiger partial charge in [-0.25, -0.2) is 0 Å². The van der Waals surface area contributed by atoms with Crippen LogP contribution in [-0.4, -0.2) is 43.1 Å². The van der Waals surface area contributed by atoms with Crippen molar-refractivity contribution in [1.29, 1.82) is 0 Å². The molecule has 3 rings (SSSR count). The fourth-order valence-electron chi connectivity index (χ4n) is 2.96.